The number of anilines is 1. The highest BCUT2D eigenvalue weighted by molar-refractivity contribution is 14.1. The number of halogens is 1. The molecule has 1 aromatic carbocycles. The number of aryl methyl sites for hydroxylation is 1. The molecule has 1 heterocycles. The number of carbonyl (C=O) groups excluding carboxylic acids is 1. The molecule has 1 aromatic rings. The molecule has 0 aromatic heterocycles. The van der Waals surface area contributed by atoms with Crippen LogP contribution in [0.2, 0.25) is 0 Å². The normalized spacial score (nSPS) is 13.9. The monoisotopic (exact) mass is 319 g/mol. The zero-order valence-electron chi connectivity index (χ0n) is 8.39. The molecule has 2 rings (SSSR count). The van der Waals surface area contributed by atoms with Gasteiger partial charge in [-0.2, -0.15) is 0 Å². The van der Waals surface area contributed by atoms with Gasteiger partial charge in [-0.1, -0.05) is 0 Å². The lowest BCUT2D eigenvalue weighted by atomic mass is 10.1. The van der Waals surface area contributed by atoms with Gasteiger partial charge >= 0.3 is 0 Å². The first-order valence-corrected chi connectivity index (χ1v) is 5.51. The summed E-state index contributed by atoms with van der Waals surface area (Å²) in [6, 6.07) is 1.88. The minimum absolute atomic E-state index is 0.0651. The van der Waals surface area contributed by atoms with Gasteiger partial charge in [-0.25, -0.2) is 0 Å². The predicted octanol–water partition coefficient (Wildman–Crippen LogP) is 1.94. The molecule has 0 radical (unpaired) electrons. The van der Waals surface area contributed by atoms with Gasteiger partial charge in [-0.15, -0.1) is 0 Å². The summed E-state index contributed by atoms with van der Waals surface area (Å²) >= 11 is 2.15. The third-order valence-corrected chi connectivity index (χ3v) is 3.24. The van der Waals surface area contributed by atoms with Crippen molar-refractivity contribution in [3.05, 3.63) is 15.2 Å². The highest BCUT2D eigenvalue weighted by Gasteiger charge is 2.23. The Morgan fingerprint density at radius 1 is 1.60 bits per heavy atom. The van der Waals surface area contributed by atoms with Crippen molar-refractivity contribution in [2.75, 3.05) is 19.0 Å². The van der Waals surface area contributed by atoms with Crippen LogP contribution in [-0.4, -0.2) is 19.6 Å². The van der Waals surface area contributed by atoms with Gasteiger partial charge in [0.25, 0.3) is 5.91 Å². The zero-order chi connectivity index (χ0) is 11.0. The molecule has 80 valence electrons. The number of amides is 1. The summed E-state index contributed by atoms with van der Waals surface area (Å²) in [7, 11) is 1.62. The van der Waals surface area contributed by atoms with Gasteiger partial charge in [0.05, 0.1) is 16.4 Å². The van der Waals surface area contributed by atoms with Crippen LogP contribution >= 0.6 is 22.6 Å². The van der Waals surface area contributed by atoms with Gasteiger partial charge in [0.1, 0.15) is 5.75 Å². The first-order valence-electron chi connectivity index (χ1n) is 4.43. The summed E-state index contributed by atoms with van der Waals surface area (Å²) in [5, 5.41) is 2.80. The number of rotatable bonds is 1. The molecular weight excluding hydrogens is 309 g/mol. The molecule has 0 spiro atoms. The third kappa shape index (κ3) is 1.75. The highest BCUT2D eigenvalue weighted by Crippen LogP contribution is 2.40. The number of nitrogens with one attached hydrogen (secondary N) is 1. The zero-order valence-corrected chi connectivity index (χ0v) is 10.5. The summed E-state index contributed by atoms with van der Waals surface area (Å²) in [6.07, 6.45) is 0. The van der Waals surface area contributed by atoms with Crippen LogP contribution in [0.1, 0.15) is 5.56 Å². The lowest BCUT2D eigenvalue weighted by Gasteiger charge is -2.22. The van der Waals surface area contributed by atoms with Crippen molar-refractivity contribution >= 4 is 34.2 Å². The van der Waals surface area contributed by atoms with E-state index in [1.807, 2.05) is 13.0 Å². The van der Waals surface area contributed by atoms with E-state index in [2.05, 4.69) is 27.9 Å². The molecule has 1 aliphatic rings. The molecule has 0 unspecified atom stereocenters. The molecule has 4 nitrogen and oxygen atoms in total. The van der Waals surface area contributed by atoms with Gasteiger partial charge in [0.15, 0.2) is 12.4 Å². The Balaban J connectivity index is 2.59. The fraction of sp³-hybridized carbons (Fsp3) is 0.300. The van der Waals surface area contributed by atoms with Crippen molar-refractivity contribution in [2.24, 2.45) is 0 Å². The Labute approximate surface area is 101 Å². The second-order valence-corrected chi connectivity index (χ2v) is 4.33. The van der Waals surface area contributed by atoms with Crippen LogP contribution in [0.4, 0.5) is 5.69 Å². The number of hydrogen-bond acceptors (Lipinski definition) is 3. The summed E-state index contributed by atoms with van der Waals surface area (Å²) in [6.45, 7) is 1.97. The molecule has 0 aliphatic carbocycles. The second-order valence-electron chi connectivity index (χ2n) is 3.25. The predicted molar refractivity (Wildman–Crippen MR) is 64.6 cm³/mol. The lowest BCUT2D eigenvalue weighted by molar-refractivity contribution is -0.118. The van der Waals surface area contributed by atoms with Gasteiger partial charge < -0.3 is 14.8 Å². The Bertz CT molecular complexity index is 431. The second kappa shape index (κ2) is 3.88. The van der Waals surface area contributed by atoms with E-state index in [-0.39, 0.29) is 12.5 Å². The molecule has 0 atom stereocenters. The average molecular weight is 319 g/mol. The van der Waals surface area contributed by atoms with Crippen molar-refractivity contribution < 1.29 is 14.3 Å². The smallest absolute Gasteiger partial charge is 0.262 e. The SMILES string of the molecule is COc1cc(C)c2c(c1I)OCC(=O)N2. The largest absolute Gasteiger partial charge is 0.495 e. The Morgan fingerprint density at radius 3 is 3.00 bits per heavy atom. The van der Waals surface area contributed by atoms with Crippen LogP contribution < -0.4 is 14.8 Å². The summed E-state index contributed by atoms with van der Waals surface area (Å²) in [4.78, 5) is 11.2. The number of methoxy groups -OCH3 is 1. The van der Waals surface area contributed by atoms with Crippen molar-refractivity contribution in [3.8, 4) is 11.5 Å². The van der Waals surface area contributed by atoms with E-state index in [1.165, 1.54) is 0 Å². The van der Waals surface area contributed by atoms with Crippen molar-refractivity contribution in [1.29, 1.82) is 0 Å². The number of ether oxygens (including phenoxy) is 2. The fourth-order valence-electron chi connectivity index (χ4n) is 1.49. The molecule has 0 fully saturated rings. The molecule has 15 heavy (non-hydrogen) atoms. The summed E-state index contributed by atoms with van der Waals surface area (Å²) < 4.78 is 11.5. The van der Waals surface area contributed by atoms with Gasteiger partial charge in [0.2, 0.25) is 0 Å². The molecule has 0 bridgehead atoms. The molecule has 0 saturated carbocycles. The maximum absolute atomic E-state index is 11.2. The molecule has 1 aliphatic heterocycles. The molecular formula is C10H10INO3. The quantitative estimate of drug-likeness (QED) is 0.805. The number of benzene rings is 1. The van der Waals surface area contributed by atoms with Crippen molar-refractivity contribution in [3.63, 3.8) is 0 Å². The minimum atomic E-state index is -0.119. The summed E-state index contributed by atoms with van der Waals surface area (Å²) in [5.41, 5.74) is 1.69. The average Bonchev–Trinajstić information content (AvgIpc) is 2.23. The van der Waals surface area contributed by atoms with E-state index in [4.69, 9.17) is 9.47 Å². The van der Waals surface area contributed by atoms with E-state index in [0.717, 1.165) is 20.6 Å². The van der Waals surface area contributed by atoms with Crippen LogP contribution in [0.15, 0.2) is 6.07 Å². The van der Waals surface area contributed by atoms with Crippen LogP contribution in [0.3, 0.4) is 0 Å². The maximum Gasteiger partial charge on any atom is 0.262 e. The Morgan fingerprint density at radius 2 is 2.33 bits per heavy atom. The van der Waals surface area contributed by atoms with Crippen LogP contribution in [-0.2, 0) is 4.79 Å². The molecule has 1 N–H and O–H groups in total. The van der Waals surface area contributed by atoms with Crippen molar-refractivity contribution in [2.45, 2.75) is 6.92 Å². The van der Waals surface area contributed by atoms with Gasteiger partial charge in [-0.3, -0.25) is 4.79 Å². The van der Waals surface area contributed by atoms with Crippen LogP contribution in [0.25, 0.3) is 0 Å². The fourth-order valence-corrected chi connectivity index (χ4v) is 2.29. The van der Waals surface area contributed by atoms with E-state index < -0.39 is 0 Å². The molecule has 0 saturated heterocycles. The van der Waals surface area contributed by atoms with E-state index >= 15 is 0 Å². The van der Waals surface area contributed by atoms with E-state index in [9.17, 15) is 4.79 Å². The highest BCUT2D eigenvalue weighted by atomic mass is 127. The summed E-state index contributed by atoms with van der Waals surface area (Å²) in [5.74, 6) is 1.35. The topological polar surface area (TPSA) is 47.6 Å². The first kappa shape index (κ1) is 10.5. The van der Waals surface area contributed by atoms with Crippen molar-refractivity contribution in [1.82, 2.24) is 0 Å². The Kier molecular flexibility index (Phi) is 2.72. The van der Waals surface area contributed by atoms with Crippen LogP contribution in [0, 0.1) is 10.5 Å². The van der Waals surface area contributed by atoms with Gasteiger partial charge in [0, 0.05) is 0 Å². The number of fused-ring (bicyclic) bond motifs is 1. The lowest BCUT2D eigenvalue weighted by Crippen LogP contribution is -2.26. The third-order valence-electron chi connectivity index (χ3n) is 2.22. The molecule has 1 amide bonds. The Hall–Kier alpha value is -0.980. The minimum Gasteiger partial charge on any atom is -0.495 e. The van der Waals surface area contributed by atoms with Crippen LogP contribution in [0.5, 0.6) is 11.5 Å². The van der Waals surface area contributed by atoms with E-state index in [1.54, 1.807) is 7.11 Å². The molecule has 5 heteroatoms. The van der Waals surface area contributed by atoms with Gasteiger partial charge in [-0.05, 0) is 41.1 Å². The van der Waals surface area contributed by atoms with E-state index in [0.29, 0.717) is 5.75 Å². The first-order chi connectivity index (χ1) is 7.13. The maximum atomic E-state index is 11.2. The standard InChI is InChI=1S/C10H10INO3/c1-5-3-6(14-2)8(11)10-9(5)12-7(13)4-15-10/h3H,4H2,1-2H3,(H,12,13). The number of carbonyl (C=O) groups is 1. The number of hydrogen-bond donors (Lipinski definition) is 1.